The number of ether oxygens (including phenoxy) is 1. The fourth-order valence-corrected chi connectivity index (χ4v) is 1.85. The van der Waals surface area contributed by atoms with Gasteiger partial charge < -0.3 is 10.1 Å². The fourth-order valence-electron chi connectivity index (χ4n) is 1.85. The molecule has 2 nitrogen and oxygen atoms in total. The second-order valence-corrected chi connectivity index (χ2v) is 4.36. The average molecular weight is 229 g/mol. The standard InChI is InChI=1S/C15H19NO/c1-12(17-2)10-16-11-13-7-8-14-5-3-4-6-15(14)9-13/h3-9,12,16H,10-11H2,1-2H3. The lowest BCUT2D eigenvalue weighted by atomic mass is 10.1. The first-order valence-electron chi connectivity index (χ1n) is 6.01. The highest BCUT2D eigenvalue weighted by molar-refractivity contribution is 5.82. The van der Waals surface area contributed by atoms with Crippen LogP contribution in [0, 0.1) is 0 Å². The molecule has 0 aliphatic heterocycles. The van der Waals surface area contributed by atoms with Crippen LogP contribution in [-0.4, -0.2) is 19.8 Å². The zero-order valence-electron chi connectivity index (χ0n) is 10.4. The quantitative estimate of drug-likeness (QED) is 0.851. The average Bonchev–Trinajstić information content (AvgIpc) is 2.38. The molecular weight excluding hydrogens is 210 g/mol. The van der Waals surface area contributed by atoms with Crippen LogP contribution in [0.4, 0.5) is 0 Å². The first-order chi connectivity index (χ1) is 8.29. The molecule has 0 saturated carbocycles. The van der Waals surface area contributed by atoms with Gasteiger partial charge in [0.2, 0.25) is 0 Å². The van der Waals surface area contributed by atoms with Crippen molar-refractivity contribution in [2.45, 2.75) is 19.6 Å². The van der Waals surface area contributed by atoms with Gasteiger partial charge in [-0.1, -0.05) is 36.4 Å². The number of nitrogens with one attached hydrogen (secondary N) is 1. The molecule has 2 rings (SSSR count). The Bertz CT molecular complexity index is 481. The summed E-state index contributed by atoms with van der Waals surface area (Å²) < 4.78 is 5.20. The van der Waals surface area contributed by atoms with E-state index in [2.05, 4.69) is 54.7 Å². The fraction of sp³-hybridized carbons (Fsp3) is 0.333. The van der Waals surface area contributed by atoms with Crippen molar-refractivity contribution in [1.82, 2.24) is 5.32 Å². The summed E-state index contributed by atoms with van der Waals surface area (Å²) in [7, 11) is 1.74. The highest BCUT2D eigenvalue weighted by atomic mass is 16.5. The zero-order chi connectivity index (χ0) is 12.1. The van der Waals surface area contributed by atoms with Gasteiger partial charge in [-0.2, -0.15) is 0 Å². The molecule has 0 bridgehead atoms. The molecule has 0 heterocycles. The van der Waals surface area contributed by atoms with Crippen LogP contribution < -0.4 is 5.32 Å². The Morgan fingerprint density at radius 2 is 1.88 bits per heavy atom. The van der Waals surface area contributed by atoms with Gasteiger partial charge in [0.15, 0.2) is 0 Å². The normalized spacial score (nSPS) is 12.8. The lowest BCUT2D eigenvalue weighted by molar-refractivity contribution is 0.117. The lowest BCUT2D eigenvalue weighted by Gasteiger charge is -2.11. The summed E-state index contributed by atoms with van der Waals surface area (Å²) in [6, 6.07) is 15.0. The molecule has 17 heavy (non-hydrogen) atoms. The van der Waals surface area contributed by atoms with Crippen molar-refractivity contribution < 1.29 is 4.74 Å². The molecule has 2 aromatic rings. The summed E-state index contributed by atoms with van der Waals surface area (Å²) in [5, 5.41) is 5.98. The molecule has 0 fully saturated rings. The third-order valence-corrected chi connectivity index (χ3v) is 2.98. The molecule has 1 unspecified atom stereocenters. The Balaban J connectivity index is 1.99. The molecule has 0 amide bonds. The maximum Gasteiger partial charge on any atom is 0.0667 e. The maximum absolute atomic E-state index is 5.20. The molecule has 0 spiro atoms. The van der Waals surface area contributed by atoms with Crippen LogP contribution in [0.1, 0.15) is 12.5 Å². The predicted octanol–water partition coefficient (Wildman–Crippen LogP) is 2.96. The van der Waals surface area contributed by atoms with Crippen molar-refractivity contribution in [3.8, 4) is 0 Å². The Kier molecular flexibility index (Phi) is 4.13. The molecule has 0 radical (unpaired) electrons. The minimum Gasteiger partial charge on any atom is -0.380 e. The van der Waals surface area contributed by atoms with E-state index in [0.29, 0.717) is 0 Å². The molecule has 0 saturated heterocycles. The largest absolute Gasteiger partial charge is 0.380 e. The van der Waals surface area contributed by atoms with Crippen LogP contribution in [0.15, 0.2) is 42.5 Å². The van der Waals surface area contributed by atoms with Crippen molar-refractivity contribution in [3.05, 3.63) is 48.0 Å². The summed E-state index contributed by atoms with van der Waals surface area (Å²) in [4.78, 5) is 0. The highest BCUT2D eigenvalue weighted by Gasteiger charge is 1.99. The molecule has 2 aromatic carbocycles. The minimum absolute atomic E-state index is 0.260. The van der Waals surface area contributed by atoms with Gasteiger partial charge in [0.1, 0.15) is 0 Å². The van der Waals surface area contributed by atoms with E-state index in [0.717, 1.165) is 13.1 Å². The molecular formula is C15H19NO. The second kappa shape index (κ2) is 5.80. The van der Waals surface area contributed by atoms with E-state index in [4.69, 9.17) is 4.74 Å². The third-order valence-electron chi connectivity index (χ3n) is 2.98. The lowest BCUT2D eigenvalue weighted by Crippen LogP contribution is -2.25. The van der Waals surface area contributed by atoms with Gasteiger partial charge in [-0.25, -0.2) is 0 Å². The highest BCUT2D eigenvalue weighted by Crippen LogP contribution is 2.15. The van der Waals surface area contributed by atoms with Gasteiger partial charge in [-0.05, 0) is 29.3 Å². The number of methoxy groups -OCH3 is 1. The Hall–Kier alpha value is -1.38. The van der Waals surface area contributed by atoms with Crippen LogP contribution in [0.3, 0.4) is 0 Å². The van der Waals surface area contributed by atoms with Gasteiger partial charge in [-0.15, -0.1) is 0 Å². The van der Waals surface area contributed by atoms with Gasteiger partial charge >= 0.3 is 0 Å². The van der Waals surface area contributed by atoms with Crippen molar-refractivity contribution in [2.75, 3.05) is 13.7 Å². The molecule has 0 aliphatic rings. The first kappa shape index (κ1) is 12.1. The van der Waals surface area contributed by atoms with Crippen LogP contribution >= 0.6 is 0 Å². The Morgan fingerprint density at radius 3 is 2.65 bits per heavy atom. The molecule has 1 atom stereocenters. The number of rotatable bonds is 5. The SMILES string of the molecule is COC(C)CNCc1ccc2ccccc2c1. The summed E-state index contributed by atoms with van der Waals surface area (Å²) in [5.41, 5.74) is 1.31. The van der Waals surface area contributed by atoms with Crippen LogP contribution in [-0.2, 0) is 11.3 Å². The number of fused-ring (bicyclic) bond motifs is 1. The molecule has 90 valence electrons. The van der Waals surface area contributed by atoms with Gasteiger partial charge in [0, 0.05) is 20.2 Å². The molecule has 2 heteroatoms. The van der Waals surface area contributed by atoms with Crippen LogP contribution in [0.25, 0.3) is 10.8 Å². The third kappa shape index (κ3) is 3.29. The molecule has 0 aromatic heterocycles. The van der Waals surface area contributed by atoms with E-state index in [1.807, 2.05) is 0 Å². The summed E-state index contributed by atoms with van der Waals surface area (Å²) in [6.07, 6.45) is 0.260. The number of hydrogen-bond donors (Lipinski definition) is 1. The summed E-state index contributed by atoms with van der Waals surface area (Å²) >= 11 is 0. The number of hydrogen-bond acceptors (Lipinski definition) is 2. The maximum atomic E-state index is 5.20. The van der Waals surface area contributed by atoms with Gasteiger partial charge in [0.25, 0.3) is 0 Å². The topological polar surface area (TPSA) is 21.3 Å². The van der Waals surface area contributed by atoms with Crippen LogP contribution in [0.2, 0.25) is 0 Å². The molecule has 0 aliphatic carbocycles. The van der Waals surface area contributed by atoms with E-state index in [1.165, 1.54) is 16.3 Å². The molecule has 1 N–H and O–H groups in total. The first-order valence-corrected chi connectivity index (χ1v) is 6.01. The van der Waals surface area contributed by atoms with E-state index in [-0.39, 0.29) is 6.10 Å². The van der Waals surface area contributed by atoms with E-state index in [9.17, 15) is 0 Å². The van der Waals surface area contributed by atoms with Gasteiger partial charge in [-0.3, -0.25) is 0 Å². The van der Waals surface area contributed by atoms with E-state index >= 15 is 0 Å². The predicted molar refractivity (Wildman–Crippen MR) is 72.1 cm³/mol. The zero-order valence-corrected chi connectivity index (χ0v) is 10.4. The number of benzene rings is 2. The van der Waals surface area contributed by atoms with Crippen molar-refractivity contribution in [3.63, 3.8) is 0 Å². The van der Waals surface area contributed by atoms with Crippen molar-refractivity contribution in [2.24, 2.45) is 0 Å². The second-order valence-electron chi connectivity index (χ2n) is 4.36. The van der Waals surface area contributed by atoms with Gasteiger partial charge in [0.05, 0.1) is 6.10 Å². The van der Waals surface area contributed by atoms with Crippen molar-refractivity contribution in [1.29, 1.82) is 0 Å². The van der Waals surface area contributed by atoms with Crippen LogP contribution in [0.5, 0.6) is 0 Å². The van der Waals surface area contributed by atoms with Crippen molar-refractivity contribution >= 4 is 10.8 Å². The Morgan fingerprint density at radius 1 is 1.12 bits per heavy atom. The smallest absolute Gasteiger partial charge is 0.0667 e. The minimum atomic E-state index is 0.260. The summed E-state index contributed by atoms with van der Waals surface area (Å²) in [6.45, 7) is 3.83. The monoisotopic (exact) mass is 229 g/mol. The Labute approximate surface area is 103 Å². The van der Waals surface area contributed by atoms with E-state index < -0.39 is 0 Å². The summed E-state index contributed by atoms with van der Waals surface area (Å²) in [5.74, 6) is 0. The van der Waals surface area contributed by atoms with E-state index in [1.54, 1.807) is 7.11 Å².